The molecule has 0 aliphatic carbocycles. The monoisotopic (exact) mass is 594 g/mol. The first-order valence-electron chi connectivity index (χ1n) is 15.0. The lowest BCUT2D eigenvalue weighted by atomic mass is 10.1. The van der Waals surface area contributed by atoms with Gasteiger partial charge in [-0.25, -0.2) is 4.79 Å². The predicted octanol–water partition coefficient (Wildman–Crippen LogP) is 9.36. The molecular weight excluding hydrogens is 552 g/mol. The first-order chi connectivity index (χ1) is 20.3. The zero-order valence-corrected chi connectivity index (χ0v) is 25.7. The van der Waals surface area contributed by atoms with Crippen LogP contribution in [-0.4, -0.2) is 29.0 Å². The van der Waals surface area contributed by atoms with Crippen LogP contribution in [0.5, 0.6) is 23.0 Å². The second kappa shape index (κ2) is 17.4. The number of halogens is 1. The molecule has 3 aromatic rings. The number of carbonyl (C=O) groups is 2. The van der Waals surface area contributed by atoms with Gasteiger partial charge in [-0.05, 0) is 65.9 Å². The van der Waals surface area contributed by atoms with Crippen LogP contribution in [0.3, 0.4) is 0 Å². The maximum atomic E-state index is 12.6. The quantitative estimate of drug-likeness (QED) is 0.0725. The Morgan fingerprint density at radius 3 is 1.83 bits per heavy atom. The van der Waals surface area contributed by atoms with Crippen molar-refractivity contribution in [3.05, 3.63) is 72.3 Å². The molecule has 0 unspecified atom stereocenters. The summed E-state index contributed by atoms with van der Waals surface area (Å²) in [6.45, 7) is 6.55. The number of esters is 2. The van der Waals surface area contributed by atoms with E-state index in [1.165, 1.54) is 69.6 Å². The SMILES string of the molecule is CCCCCCCCCCCOc1ccc(-c2ccc(OC(=O)c3ccc(OC(=O)[C@@H](Cl)C(C)C)c(O)c3)cc2)cc1. The lowest BCUT2D eigenvalue weighted by Crippen LogP contribution is -2.25. The van der Waals surface area contributed by atoms with Crippen LogP contribution >= 0.6 is 11.6 Å². The Bertz CT molecular complexity index is 1250. The molecule has 0 spiro atoms. The molecule has 0 aliphatic heterocycles. The molecular formula is C35H43ClO6. The molecule has 6 nitrogen and oxygen atoms in total. The normalized spacial score (nSPS) is 11.7. The van der Waals surface area contributed by atoms with Crippen LogP contribution in [-0.2, 0) is 4.79 Å². The fraction of sp³-hybridized carbons (Fsp3) is 0.429. The third-order valence-corrected chi connectivity index (χ3v) is 7.67. The molecule has 3 rings (SSSR count). The first kappa shape index (κ1) is 33.0. The number of carbonyl (C=O) groups excluding carboxylic acids is 2. The minimum Gasteiger partial charge on any atom is -0.504 e. The van der Waals surface area contributed by atoms with Gasteiger partial charge in [-0.3, -0.25) is 4.79 Å². The molecule has 0 fully saturated rings. The Balaban J connectivity index is 1.44. The lowest BCUT2D eigenvalue weighted by molar-refractivity contribution is -0.134. The van der Waals surface area contributed by atoms with Crippen molar-refractivity contribution in [2.24, 2.45) is 5.92 Å². The van der Waals surface area contributed by atoms with Crippen molar-refractivity contribution >= 4 is 23.5 Å². The molecule has 3 aromatic carbocycles. The summed E-state index contributed by atoms with van der Waals surface area (Å²) in [5, 5.41) is 9.39. The maximum Gasteiger partial charge on any atom is 0.343 e. The topological polar surface area (TPSA) is 82.1 Å². The molecule has 0 saturated carbocycles. The van der Waals surface area contributed by atoms with Gasteiger partial charge < -0.3 is 19.3 Å². The number of rotatable bonds is 17. The third kappa shape index (κ3) is 10.7. The number of hydrogen-bond donors (Lipinski definition) is 1. The van der Waals surface area contributed by atoms with Crippen LogP contribution in [0.1, 0.15) is 88.9 Å². The highest BCUT2D eigenvalue weighted by Crippen LogP contribution is 2.29. The molecule has 7 heteroatoms. The highest BCUT2D eigenvalue weighted by molar-refractivity contribution is 6.30. The van der Waals surface area contributed by atoms with Crippen molar-refractivity contribution in [2.45, 2.75) is 83.9 Å². The van der Waals surface area contributed by atoms with E-state index in [1.807, 2.05) is 36.4 Å². The summed E-state index contributed by atoms with van der Waals surface area (Å²) >= 11 is 6.01. The molecule has 0 saturated heterocycles. The Hall–Kier alpha value is -3.51. The van der Waals surface area contributed by atoms with E-state index in [2.05, 4.69) is 6.92 Å². The first-order valence-corrected chi connectivity index (χ1v) is 15.5. The van der Waals surface area contributed by atoms with Gasteiger partial charge in [0.05, 0.1) is 12.2 Å². The summed E-state index contributed by atoms with van der Waals surface area (Å²) in [4.78, 5) is 24.7. The fourth-order valence-corrected chi connectivity index (χ4v) is 4.44. The van der Waals surface area contributed by atoms with Gasteiger partial charge in [0, 0.05) is 0 Å². The van der Waals surface area contributed by atoms with Gasteiger partial charge in [-0.2, -0.15) is 0 Å². The minimum absolute atomic E-state index is 0.0767. The van der Waals surface area contributed by atoms with Crippen LogP contribution in [0.25, 0.3) is 11.1 Å². The zero-order chi connectivity index (χ0) is 30.3. The van der Waals surface area contributed by atoms with E-state index in [9.17, 15) is 14.7 Å². The number of benzene rings is 3. The molecule has 1 N–H and O–H groups in total. The van der Waals surface area contributed by atoms with Gasteiger partial charge in [0.25, 0.3) is 0 Å². The molecule has 0 bridgehead atoms. The molecule has 0 radical (unpaired) electrons. The summed E-state index contributed by atoms with van der Waals surface area (Å²) < 4.78 is 16.5. The summed E-state index contributed by atoms with van der Waals surface area (Å²) in [6, 6.07) is 19.1. The van der Waals surface area contributed by atoms with E-state index >= 15 is 0 Å². The Labute approximate surface area is 255 Å². The van der Waals surface area contributed by atoms with Crippen molar-refractivity contribution in [1.82, 2.24) is 0 Å². The van der Waals surface area contributed by atoms with E-state index in [0.29, 0.717) is 5.75 Å². The number of phenolic OH excluding ortho intramolecular Hbond substituents is 1. The number of unbranched alkanes of at least 4 members (excludes halogenated alkanes) is 8. The lowest BCUT2D eigenvalue weighted by Gasteiger charge is -2.13. The van der Waals surface area contributed by atoms with Gasteiger partial charge in [0.1, 0.15) is 16.9 Å². The van der Waals surface area contributed by atoms with Crippen molar-refractivity contribution in [3.8, 4) is 34.1 Å². The van der Waals surface area contributed by atoms with Gasteiger partial charge in [0.15, 0.2) is 11.5 Å². The minimum atomic E-state index is -0.849. The summed E-state index contributed by atoms with van der Waals surface area (Å²) in [5.41, 5.74) is 2.11. The maximum absolute atomic E-state index is 12.6. The Morgan fingerprint density at radius 2 is 1.29 bits per heavy atom. The predicted molar refractivity (Wildman–Crippen MR) is 168 cm³/mol. The number of aromatic hydroxyl groups is 1. The molecule has 1 atom stereocenters. The summed E-state index contributed by atoms with van der Waals surface area (Å²) in [5.74, 6) is -0.671. The van der Waals surface area contributed by atoms with Crippen LogP contribution < -0.4 is 14.2 Å². The average molecular weight is 595 g/mol. The van der Waals surface area contributed by atoms with E-state index in [4.69, 9.17) is 25.8 Å². The van der Waals surface area contributed by atoms with Crippen molar-refractivity contribution in [1.29, 1.82) is 0 Å². The number of alkyl halides is 1. The second-order valence-corrected chi connectivity index (χ2v) is 11.3. The standard InChI is InChI=1S/C35H43ClO6/c1-4-5-6-7-8-9-10-11-12-23-40-29-18-13-26(14-19-29)27-15-20-30(21-16-27)41-34(38)28-17-22-32(31(37)24-28)42-35(39)33(36)25(2)3/h13-22,24-25,33,37H,4-12,23H2,1-3H3/t33-/m0/s1. The molecule has 226 valence electrons. The van der Waals surface area contributed by atoms with E-state index in [0.717, 1.165) is 29.9 Å². The summed E-state index contributed by atoms with van der Waals surface area (Å²) in [6.07, 6.45) is 11.6. The van der Waals surface area contributed by atoms with Crippen LogP contribution in [0.4, 0.5) is 0 Å². The average Bonchev–Trinajstić information content (AvgIpc) is 2.99. The number of phenols is 1. The van der Waals surface area contributed by atoms with E-state index < -0.39 is 17.3 Å². The van der Waals surface area contributed by atoms with Crippen molar-refractivity contribution in [2.75, 3.05) is 6.61 Å². The van der Waals surface area contributed by atoms with Gasteiger partial charge >= 0.3 is 11.9 Å². The molecule has 42 heavy (non-hydrogen) atoms. The summed E-state index contributed by atoms with van der Waals surface area (Å²) in [7, 11) is 0. The Kier molecular flexibility index (Phi) is 13.7. The second-order valence-electron chi connectivity index (χ2n) is 10.9. The van der Waals surface area contributed by atoms with Gasteiger partial charge in [-0.1, -0.05) is 96.4 Å². The van der Waals surface area contributed by atoms with Crippen LogP contribution in [0.15, 0.2) is 66.7 Å². The fourth-order valence-electron chi connectivity index (χ4n) is 4.40. The smallest absolute Gasteiger partial charge is 0.343 e. The largest absolute Gasteiger partial charge is 0.504 e. The van der Waals surface area contributed by atoms with Gasteiger partial charge in [-0.15, -0.1) is 11.6 Å². The van der Waals surface area contributed by atoms with Crippen LogP contribution in [0.2, 0.25) is 0 Å². The van der Waals surface area contributed by atoms with Gasteiger partial charge in [0.2, 0.25) is 0 Å². The molecule has 0 aliphatic rings. The molecule has 0 aromatic heterocycles. The number of ether oxygens (including phenoxy) is 3. The van der Waals surface area contributed by atoms with E-state index in [1.54, 1.807) is 26.0 Å². The van der Waals surface area contributed by atoms with Crippen molar-refractivity contribution < 1.29 is 28.9 Å². The molecule has 0 heterocycles. The van der Waals surface area contributed by atoms with E-state index in [-0.39, 0.29) is 23.0 Å². The van der Waals surface area contributed by atoms with Crippen LogP contribution in [0, 0.1) is 5.92 Å². The van der Waals surface area contributed by atoms with Crippen molar-refractivity contribution in [3.63, 3.8) is 0 Å². The zero-order valence-electron chi connectivity index (χ0n) is 24.9. The molecule has 0 amide bonds. The Morgan fingerprint density at radius 1 is 0.738 bits per heavy atom. The highest BCUT2D eigenvalue weighted by Gasteiger charge is 2.23. The highest BCUT2D eigenvalue weighted by atomic mass is 35.5. The third-order valence-electron chi connectivity index (χ3n) is 6.98. The number of hydrogen-bond acceptors (Lipinski definition) is 6.